The Morgan fingerprint density at radius 1 is 1.06 bits per heavy atom. The van der Waals surface area contributed by atoms with Crippen LogP contribution >= 0.6 is 11.3 Å². The lowest BCUT2D eigenvalue weighted by atomic mass is 9.99. The van der Waals surface area contributed by atoms with Crippen LogP contribution in [0.4, 0.5) is 17.2 Å². The number of aryl methyl sites for hydroxylation is 3. The average molecular weight is 472 g/mol. The van der Waals surface area contributed by atoms with E-state index in [9.17, 15) is 9.59 Å². The lowest BCUT2D eigenvalue weighted by Crippen LogP contribution is -2.14. The quantitative estimate of drug-likeness (QED) is 0.363. The summed E-state index contributed by atoms with van der Waals surface area (Å²) in [5, 5.41) is 12.9. The molecule has 7 nitrogen and oxygen atoms in total. The van der Waals surface area contributed by atoms with Crippen molar-refractivity contribution >= 4 is 34.4 Å². The second-order valence-electron chi connectivity index (χ2n) is 8.54. The third kappa shape index (κ3) is 4.49. The first-order valence-corrected chi connectivity index (χ1v) is 12.1. The van der Waals surface area contributed by atoms with Crippen molar-refractivity contribution in [2.45, 2.75) is 39.5 Å². The summed E-state index contributed by atoms with van der Waals surface area (Å²) < 4.78 is 0. The summed E-state index contributed by atoms with van der Waals surface area (Å²) in [6.45, 7) is 3.89. The maximum Gasteiger partial charge on any atom is 0.287 e. The molecular formula is C26H25N5O2S. The lowest BCUT2D eigenvalue weighted by Gasteiger charge is -2.12. The molecule has 8 heteroatoms. The molecule has 5 rings (SSSR count). The van der Waals surface area contributed by atoms with Gasteiger partial charge in [0.2, 0.25) is 0 Å². The monoisotopic (exact) mass is 471 g/mol. The molecule has 1 aliphatic carbocycles. The van der Waals surface area contributed by atoms with Crippen molar-refractivity contribution in [1.29, 1.82) is 0 Å². The summed E-state index contributed by atoms with van der Waals surface area (Å²) in [6.07, 6.45) is 6.24. The molecule has 0 atom stereocenters. The van der Waals surface area contributed by atoms with Crippen LogP contribution in [0.15, 0.2) is 53.5 Å². The molecule has 4 aromatic rings. The van der Waals surface area contributed by atoms with Crippen molar-refractivity contribution < 1.29 is 4.79 Å². The number of anilines is 3. The van der Waals surface area contributed by atoms with Gasteiger partial charge in [-0.25, -0.2) is 10.1 Å². The van der Waals surface area contributed by atoms with Gasteiger partial charge in [0.1, 0.15) is 11.5 Å². The van der Waals surface area contributed by atoms with E-state index in [1.165, 1.54) is 23.3 Å². The third-order valence-corrected chi connectivity index (χ3v) is 7.29. The first kappa shape index (κ1) is 22.0. The Morgan fingerprint density at radius 3 is 2.71 bits per heavy atom. The van der Waals surface area contributed by atoms with E-state index in [0.29, 0.717) is 17.2 Å². The Bertz CT molecular complexity index is 1400. The molecular weight excluding hydrogens is 446 g/mol. The van der Waals surface area contributed by atoms with Crippen molar-refractivity contribution in [1.82, 2.24) is 15.2 Å². The van der Waals surface area contributed by atoms with Gasteiger partial charge in [0.15, 0.2) is 0 Å². The van der Waals surface area contributed by atoms with E-state index in [0.717, 1.165) is 40.1 Å². The highest BCUT2D eigenvalue weighted by atomic mass is 32.1. The van der Waals surface area contributed by atoms with Crippen LogP contribution in [0.5, 0.6) is 0 Å². The molecule has 1 aromatic carbocycles. The SMILES string of the molecule is Cc1ccc(Nc2cc(-c3cccc(NC(=O)c4cc5c(s4)CCCC5)c3C)n[nH]c2=O)nc1. The molecule has 0 aliphatic heterocycles. The molecule has 1 aliphatic rings. The van der Waals surface area contributed by atoms with Crippen molar-refractivity contribution in [2.75, 3.05) is 10.6 Å². The highest BCUT2D eigenvalue weighted by molar-refractivity contribution is 7.14. The van der Waals surface area contributed by atoms with Gasteiger partial charge in [0.25, 0.3) is 11.5 Å². The van der Waals surface area contributed by atoms with Crippen LogP contribution in [0.25, 0.3) is 11.3 Å². The molecule has 34 heavy (non-hydrogen) atoms. The number of rotatable bonds is 5. The summed E-state index contributed by atoms with van der Waals surface area (Å²) in [6, 6.07) is 13.1. The van der Waals surface area contributed by atoms with Gasteiger partial charge in [-0.3, -0.25) is 9.59 Å². The topological polar surface area (TPSA) is 99.8 Å². The average Bonchev–Trinajstić information content (AvgIpc) is 3.28. The number of nitrogens with one attached hydrogen (secondary N) is 3. The summed E-state index contributed by atoms with van der Waals surface area (Å²) >= 11 is 1.60. The summed E-state index contributed by atoms with van der Waals surface area (Å²) in [7, 11) is 0. The number of hydrogen-bond donors (Lipinski definition) is 3. The maximum absolute atomic E-state index is 13.0. The number of amides is 1. The van der Waals surface area contributed by atoms with E-state index in [4.69, 9.17) is 0 Å². The lowest BCUT2D eigenvalue weighted by molar-refractivity contribution is 0.103. The van der Waals surface area contributed by atoms with Crippen LogP contribution in [0.1, 0.15) is 44.1 Å². The minimum atomic E-state index is -0.338. The van der Waals surface area contributed by atoms with E-state index >= 15 is 0 Å². The van der Waals surface area contributed by atoms with Gasteiger partial charge in [-0.2, -0.15) is 5.10 Å². The molecule has 1 amide bonds. The van der Waals surface area contributed by atoms with Crippen LogP contribution in [0, 0.1) is 13.8 Å². The standard InChI is InChI=1S/C26H25N5O2S/c1-15-10-11-24(27-14-15)28-21-13-20(30-31-25(21)32)18-7-5-8-19(16(18)2)29-26(33)23-12-17-6-3-4-9-22(17)34-23/h5,7-8,10-14H,3-4,6,9H2,1-2H3,(H,29,33)(H,31,32)(H,27,28,30). The highest BCUT2D eigenvalue weighted by Gasteiger charge is 2.18. The van der Waals surface area contributed by atoms with Crippen LogP contribution in [0.2, 0.25) is 0 Å². The number of aromatic amines is 1. The van der Waals surface area contributed by atoms with Crippen LogP contribution in [-0.2, 0) is 12.8 Å². The van der Waals surface area contributed by atoms with Gasteiger partial charge in [0.05, 0.1) is 10.6 Å². The summed E-state index contributed by atoms with van der Waals surface area (Å²) in [5.41, 5.74) is 5.36. The molecule has 0 unspecified atom stereocenters. The molecule has 0 saturated carbocycles. The number of carbonyl (C=O) groups excluding carboxylic acids is 1. The van der Waals surface area contributed by atoms with E-state index in [-0.39, 0.29) is 11.5 Å². The van der Waals surface area contributed by atoms with Crippen LogP contribution in [0.3, 0.4) is 0 Å². The summed E-state index contributed by atoms with van der Waals surface area (Å²) in [5.74, 6) is 0.478. The number of H-pyrrole nitrogens is 1. The molecule has 0 saturated heterocycles. The Morgan fingerprint density at radius 2 is 1.91 bits per heavy atom. The number of thiophene rings is 1. The molecule has 3 aromatic heterocycles. The molecule has 0 bridgehead atoms. The Hall–Kier alpha value is -3.78. The first-order valence-electron chi connectivity index (χ1n) is 11.3. The zero-order valence-corrected chi connectivity index (χ0v) is 19.9. The van der Waals surface area contributed by atoms with Gasteiger partial charge >= 0.3 is 0 Å². The number of aromatic nitrogens is 3. The number of benzene rings is 1. The Labute approximate surface area is 201 Å². The smallest absolute Gasteiger partial charge is 0.287 e. The van der Waals surface area contributed by atoms with E-state index < -0.39 is 0 Å². The van der Waals surface area contributed by atoms with Gasteiger partial charge in [-0.1, -0.05) is 18.2 Å². The largest absolute Gasteiger partial charge is 0.336 e. The number of carbonyl (C=O) groups is 1. The normalized spacial score (nSPS) is 12.8. The summed E-state index contributed by atoms with van der Waals surface area (Å²) in [4.78, 5) is 31.7. The van der Waals surface area contributed by atoms with E-state index in [2.05, 4.69) is 25.8 Å². The second kappa shape index (κ2) is 9.23. The predicted molar refractivity (Wildman–Crippen MR) is 136 cm³/mol. The van der Waals surface area contributed by atoms with Crippen molar-refractivity contribution in [2.24, 2.45) is 0 Å². The molecule has 3 heterocycles. The Balaban J connectivity index is 1.41. The minimum Gasteiger partial charge on any atom is -0.336 e. The van der Waals surface area contributed by atoms with Gasteiger partial charge < -0.3 is 10.6 Å². The highest BCUT2D eigenvalue weighted by Crippen LogP contribution is 2.32. The molecule has 172 valence electrons. The fraction of sp³-hybridized carbons (Fsp3) is 0.231. The molecule has 0 radical (unpaired) electrons. The number of hydrogen-bond acceptors (Lipinski definition) is 6. The fourth-order valence-electron chi connectivity index (χ4n) is 4.15. The maximum atomic E-state index is 13.0. The number of fused-ring (bicyclic) bond motifs is 1. The van der Waals surface area contributed by atoms with Gasteiger partial charge in [0, 0.05) is 22.3 Å². The van der Waals surface area contributed by atoms with Crippen LogP contribution in [-0.4, -0.2) is 21.1 Å². The van der Waals surface area contributed by atoms with Crippen molar-refractivity contribution in [3.63, 3.8) is 0 Å². The van der Waals surface area contributed by atoms with Crippen molar-refractivity contribution in [3.05, 3.63) is 85.5 Å². The zero-order valence-electron chi connectivity index (χ0n) is 19.1. The van der Waals surface area contributed by atoms with Crippen molar-refractivity contribution in [3.8, 4) is 11.3 Å². The van der Waals surface area contributed by atoms with E-state index in [1.807, 2.05) is 50.2 Å². The number of nitrogens with zero attached hydrogens (tertiary/aromatic N) is 2. The first-order chi connectivity index (χ1) is 16.5. The number of pyridine rings is 1. The predicted octanol–water partition coefficient (Wildman–Crippen LogP) is 5.38. The zero-order chi connectivity index (χ0) is 23.7. The van der Waals surface area contributed by atoms with Gasteiger partial charge in [-0.15, -0.1) is 11.3 Å². The second-order valence-corrected chi connectivity index (χ2v) is 9.68. The van der Waals surface area contributed by atoms with Gasteiger partial charge in [-0.05, 0) is 80.5 Å². The molecule has 0 spiro atoms. The van der Waals surface area contributed by atoms with E-state index in [1.54, 1.807) is 23.6 Å². The van der Waals surface area contributed by atoms with Crippen LogP contribution < -0.4 is 16.2 Å². The molecule has 0 fully saturated rings. The molecule has 3 N–H and O–H groups in total. The fourth-order valence-corrected chi connectivity index (χ4v) is 5.30. The third-order valence-electron chi connectivity index (χ3n) is 6.06. The Kier molecular flexibility index (Phi) is 5.98. The minimum absolute atomic E-state index is 0.0955.